The SMILES string of the molecule is [2H]C([2H])([2H])N1CCC[C@@H]1Cc1c(C2CCC2)[nH]c2cccc(SC(F)(F)F)c12. The van der Waals surface area contributed by atoms with Crippen molar-refractivity contribution in [2.75, 3.05) is 13.5 Å². The number of benzene rings is 1. The van der Waals surface area contributed by atoms with Gasteiger partial charge < -0.3 is 9.88 Å². The molecule has 25 heavy (non-hydrogen) atoms. The second-order valence-electron chi connectivity index (χ2n) is 7.07. The first-order valence-corrected chi connectivity index (χ1v) is 9.61. The second kappa shape index (κ2) is 6.54. The monoisotopic (exact) mass is 371 g/mol. The van der Waals surface area contributed by atoms with Gasteiger partial charge in [-0.3, -0.25) is 0 Å². The maximum absolute atomic E-state index is 13.1. The minimum atomic E-state index is -4.36. The molecule has 1 aromatic heterocycles. The number of halogens is 3. The Morgan fingerprint density at radius 2 is 2.12 bits per heavy atom. The molecule has 1 aliphatic carbocycles. The number of nitrogens with zero attached hydrogens (tertiary/aromatic N) is 1. The molecule has 0 bridgehead atoms. The molecule has 6 heteroatoms. The molecule has 2 heterocycles. The Kier molecular flexibility index (Phi) is 3.66. The number of likely N-dealkylation sites (N-methyl/N-ethyl adjacent to an activating group) is 1. The number of hydrogen-bond acceptors (Lipinski definition) is 2. The molecule has 2 aromatic rings. The van der Waals surface area contributed by atoms with E-state index in [0.717, 1.165) is 43.4 Å². The van der Waals surface area contributed by atoms with E-state index >= 15 is 0 Å². The van der Waals surface area contributed by atoms with Gasteiger partial charge in [0, 0.05) is 31.6 Å². The lowest BCUT2D eigenvalue weighted by Crippen LogP contribution is -2.27. The highest BCUT2D eigenvalue weighted by atomic mass is 32.2. The number of hydrogen-bond donors (Lipinski definition) is 1. The van der Waals surface area contributed by atoms with Gasteiger partial charge in [0.1, 0.15) is 0 Å². The van der Waals surface area contributed by atoms with Gasteiger partial charge in [-0.2, -0.15) is 13.2 Å². The average Bonchev–Trinajstić information content (AvgIpc) is 3.10. The third-order valence-corrected chi connectivity index (χ3v) is 6.27. The molecule has 0 amide bonds. The van der Waals surface area contributed by atoms with Crippen LogP contribution in [0.2, 0.25) is 0 Å². The van der Waals surface area contributed by atoms with Crippen LogP contribution in [-0.4, -0.2) is 35.0 Å². The predicted octanol–water partition coefficient (Wildman–Crippen LogP) is 5.68. The van der Waals surface area contributed by atoms with Crippen LogP contribution < -0.4 is 0 Å². The van der Waals surface area contributed by atoms with Crippen LogP contribution in [0.15, 0.2) is 23.1 Å². The Balaban J connectivity index is 1.78. The highest BCUT2D eigenvalue weighted by Crippen LogP contribution is 2.46. The third kappa shape index (κ3) is 3.43. The summed E-state index contributed by atoms with van der Waals surface area (Å²) in [5.74, 6) is 0.328. The summed E-state index contributed by atoms with van der Waals surface area (Å²) in [5.41, 5.74) is -1.76. The van der Waals surface area contributed by atoms with E-state index in [9.17, 15) is 13.2 Å². The number of thioether (sulfide) groups is 1. The molecule has 1 saturated carbocycles. The van der Waals surface area contributed by atoms with Crippen molar-refractivity contribution in [3.05, 3.63) is 29.5 Å². The molecule has 0 radical (unpaired) electrons. The van der Waals surface area contributed by atoms with Crippen LogP contribution in [0.4, 0.5) is 13.2 Å². The van der Waals surface area contributed by atoms with Crippen LogP contribution in [0.3, 0.4) is 0 Å². The van der Waals surface area contributed by atoms with Crippen LogP contribution in [0, 0.1) is 0 Å². The number of aromatic amines is 1. The molecule has 4 rings (SSSR count). The quantitative estimate of drug-likeness (QED) is 0.697. The number of nitrogens with one attached hydrogen (secondary N) is 1. The van der Waals surface area contributed by atoms with E-state index in [1.54, 1.807) is 6.07 Å². The molecule has 1 saturated heterocycles. The van der Waals surface area contributed by atoms with Gasteiger partial charge in [0.05, 0.1) is 0 Å². The van der Waals surface area contributed by atoms with Crippen LogP contribution in [0.1, 0.15) is 53.4 Å². The van der Waals surface area contributed by atoms with Gasteiger partial charge in [-0.25, -0.2) is 0 Å². The lowest BCUT2D eigenvalue weighted by Gasteiger charge is -2.27. The van der Waals surface area contributed by atoms with E-state index in [4.69, 9.17) is 4.11 Å². The maximum atomic E-state index is 13.1. The first-order valence-electron chi connectivity index (χ1n) is 10.3. The average molecular weight is 371 g/mol. The molecule has 1 N–H and O–H groups in total. The summed E-state index contributed by atoms with van der Waals surface area (Å²) in [6.45, 7) is -1.67. The van der Waals surface area contributed by atoms with Crippen molar-refractivity contribution in [2.24, 2.45) is 0 Å². The Hall–Kier alpha value is -1.14. The van der Waals surface area contributed by atoms with Crippen molar-refractivity contribution < 1.29 is 17.3 Å². The molecule has 0 spiro atoms. The molecule has 2 fully saturated rings. The highest BCUT2D eigenvalue weighted by molar-refractivity contribution is 8.00. The van der Waals surface area contributed by atoms with Crippen molar-refractivity contribution in [1.29, 1.82) is 0 Å². The zero-order valence-corrected chi connectivity index (χ0v) is 14.6. The van der Waals surface area contributed by atoms with Gasteiger partial charge in [0.15, 0.2) is 0 Å². The van der Waals surface area contributed by atoms with Gasteiger partial charge in [-0.05, 0) is 81.0 Å². The molecular weight excluding hydrogens is 345 g/mol. The number of H-pyrrole nitrogens is 1. The largest absolute Gasteiger partial charge is 0.446 e. The highest BCUT2D eigenvalue weighted by Gasteiger charge is 2.33. The number of alkyl halides is 3. The number of fused-ring (bicyclic) bond motifs is 1. The second-order valence-corrected chi connectivity index (χ2v) is 8.17. The Morgan fingerprint density at radius 1 is 1.28 bits per heavy atom. The topological polar surface area (TPSA) is 19.0 Å². The van der Waals surface area contributed by atoms with E-state index in [1.165, 1.54) is 11.0 Å². The summed E-state index contributed by atoms with van der Waals surface area (Å²) in [5, 5.41) is 0.615. The Bertz CT molecular complexity index is 858. The van der Waals surface area contributed by atoms with E-state index < -0.39 is 12.5 Å². The lowest BCUT2D eigenvalue weighted by molar-refractivity contribution is -0.0327. The normalized spacial score (nSPS) is 24.9. The summed E-state index contributed by atoms with van der Waals surface area (Å²) < 4.78 is 62.8. The van der Waals surface area contributed by atoms with Gasteiger partial charge in [-0.15, -0.1) is 0 Å². The Labute approximate surface area is 154 Å². The summed E-state index contributed by atoms with van der Waals surface area (Å²) in [6.07, 6.45) is 5.19. The van der Waals surface area contributed by atoms with Gasteiger partial charge in [0.25, 0.3) is 0 Å². The van der Waals surface area contributed by atoms with Crippen LogP contribution >= 0.6 is 11.8 Å². The molecular formula is C19H23F3N2S. The summed E-state index contributed by atoms with van der Waals surface area (Å²) in [6, 6.07) is 4.80. The zero-order chi connectivity index (χ0) is 20.1. The summed E-state index contributed by atoms with van der Waals surface area (Å²) in [4.78, 5) is 5.11. The fourth-order valence-corrected chi connectivity index (χ4v) is 4.78. The number of aromatic nitrogens is 1. The fourth-order valence-electron chi connectivity index (χ4n) is 4.05. The molecule has 1 atom stereocenters. The summed E-state index contributed by atoms with van der Waals surface area (Å²) in [7, 11) is 0. The molecule has 2 aliphatic rings. The maximum Gasteiger partial charge on any atom is 0.446 e. The number of rotatable bonds is 4. The first-order chi connectivity index (χ1) is 13.1. The molecule has 136 valence electrons. The summed E-state index contributed by atoms with van der Waals surface area (Å²) >= 11 is -0.0854. The van der Waals surface area contributed by atoms with Gasteiger partial charge >= 0.3 is 5.51 Å². The van der Waals surface area contributed by atoms with E-state index in [2.05, 4.69) is 4.98 Å². The molecule has 2 nitrogen and oxygen atoms in total. The molecule has 1 aliphatic heterocycles. The smallest absolute Gasteiger partial charge is 0.358 e. The Morgan fingerprint density at radius 3 is 2.80 bits per heavy atom. The lowest BCUT2D eigenvalue weighted by atomic mass is 9.80. The van der Waals surface area contributed by atoms with E-state index in [-0.39, 0.29) is 22.7 Å². The van der Waals surface area contributed by atoms with Crippen molar-refractivity contribution >= 4 is 22.7 Å². The van der Waals surface area contributed by atoms with Crippen molar-refractivity contribution in [2.45, 2.75) is 60.9 Å². The van der Waals surface area contributed by atoms with Gasteiger partial charge in [0.2, 0.25) is 0 Å². The minimum absolute atomic E-state index is 0.0854. The van der Waals surface area contributed by atoms with Crippen molar-refractivity contribution in [1.82, 2.24) is 9.88 Å². The van der Waals surface area contributed by atoms with Crippen LogP contribution in [0.5, 0.6) is 0 Å². The van der Waals surface area contributed by atoms with Crippen molar-refractivity contribution in [3.63, 3.8) is 0 Å². The predicted molar refractivity (Wildman–Crippen MR) is 96.2 cm³/mol. The minimum Gasteiger partial charge on any atom is -0.358 e. The standard InChI is InChI=1S/C19H23F3N2S/c1-24-10-4-7-13(24)11-14-17-15(23-18(14)12-5-2-6-12)8-3-9-16(17)25-19(20,21)22/h3,8-9,12-13,23H,2,4-7,10-11H2,1H3/t13-/m1/s1/i1D3. The molecule has 1 aromatic carbocycles. The number of likely N-dealkylation sites (tertiary alicyclic amines) is 1. The van der Waals surface area contributed by atoms with E-state index in [1.807, 2.05) is 6.07 Å². The third-order valence-electron chi connectivity index (χ3n) is 5.48. The molecule has 0 unspecified atom stereocenters. The van der Waals surface area contributed by atoms with Crippen LogP contribution in [-0.2, 0) is 6.42 Å². The van der Waals surface area contributed by atoms with Gasteiger partial charge in [-0.1, -0.05) is 12.5 Å². The van der Waals surface area contributed by atoms with Crippen LogP contribution in [0.25, 0.3) is 10.9 Å². The first kappa shape index (κ1) is 14.0. The fraction of sp³-hybridized carbons (Fsp3) is 0.579. The zero-order valence-electron chi connectivity index (χ0n) is 16.8. The van der Waals surface area contributed by atoms with E-state index in [0.29, 0.717) is 29.8 Å². The van der Waals surface area contributed by atoms with Crippen molar-refractivity contribution in [3.8, 4) is 0 Å².